The highest BCUT2D eigenvalue weighted by Crippen LogP contribution is 2.39. The van der Waals surface area contributed by atoms with Gasteiger partial charge in [-0.25, -0.2) is 0 Å². The van der Waals surface area contributed by atoms with Crippen LogP contribution in [0.2, 0.25) is 0 Å². The van der Waals surface area contributed by atoms with Gasteiger partial charge < -0.3 is 20.3 Å². The number of anilines is 1. The third-order valence-corrected chi connectivity index (χ3v) is 4.19. The second-order valence-electron chi connectivity index (χ2n) is 6.79. The van der Waals surface area contributed by atoms with Crippen molar-refractivity contribution in [3.05, 3.63) is 64.7 Å². The van der Waals surface area contributed by atoms with Gasteiger partial charge in [0, 0.05) is 24.2 Å². The number of carbonyl (C=O) groups excluding carboxylic acids is 2. The summed E-state index contributed by atoms with van der Waals surface area (Å²) in [6.45, 7) is 5.24. The number of rotatable bonds is 7. The molecule has 6 nitrogen and oxygen atoms in total. The minimum absolute atomic E-state index is 0.00595. The molecule has 0 heterocycles. The van der Waals surface area contributed by atoms with Crippen molar-refractivity contribution in [2.24, 2.45) is 0 Å². The number of ether oxygens (including phenoxy) is 1. The third kappa shape index (κ3) is 5.72. The molecule has 2 rings (SSSR count). The Hall–Kier alpha value is -3.54. The van der Waals surface area contributed by atoms with E-state index in [-0.39, 0.29) is 34.3 Å². The molecule has 0 aliphatic carbocycles. The molecular weight excluding hydrogens is 370 g/mol. The highest BCUT2D eigenvalue weighted by molar-refractivity contribution is 6.11. The van der Waals surface area contributed by atoms with E-state index in [2.05, 4.69) is 5.32 Å². The lowest BCUT2D eigenvalue weighted by Crippen LogP contribution is -2.05. The molecule has 152 valence electrons. The van der Waals surface area contributed by atoms with Gasteiger partial charge in [-0.15, -0.1) is 0 Å². The fourth-order valence-electron chi connectivity index (χ4n) is 2.71. The van der Waals surface area contributed by atoms with E-state index in [0.717, 1.165) is 11.1 Å². The summed E-state index contributed by atoms with van der Waals surface area (Å²) in [4.78, 5) is 23.8. The number of allylic oxidation sites excluding steroid dienone is 3. The number of hydrogen-bond acceptors (Lipinski definition) is 5. The maximum absolute atomic E-state index is 12.8. The fourth-order valence-corrected chi connectivity index (χ4v) is 2.71. The van der Waals surface area contributed by atoms with E-state index in [9.17, 15) is 19.8 Å². The molecule has 0 aliphatic heterocycles. The molecule has 0 fully saturated rings. The largest absolute Gasteiger partial charge is 0.507 e. The topological polar surface area (TPSA) is 95.9 Å². The van der Waals surface area contributed by atoms with Crippen LogP contribution in [0.15, 0.2) is 48.1 Å². The van der Waals surface area contributed by atoms with Crippen molar-refractivity contribution in [2.45, 2.75) is 27.2 Å². The van der Waals surface area contributed by atoms with E-state index < -0.39 is 5.78 Å². The van der Waals surface area contributed by atoms with Crippen LogP contribution in [0.4, 0.5) is 5.69 Å². The Balaban J connectivity index is 2.33. The quantitative estimate of drug-likeness (QED) is 0.365. The molecule has 0 radical (unpaired) electrons. The number of aromatic hydroxyl groups is 2. The van der Waals surface area contributed by atoms with Gasteiger partial charge in [-0.2, -0.15) is 0 Å². The Morgan fingerprint density at radius 1 is 1.10 bits per heavy atom. The minimum atomic E-state index is -0.455. The van der Waals surface area contributed by atoms with Gasteiger partial charge in [-0.1, -0.05) is 29.9 Å². The average Bonchev–Trinajstić information content (AvgIpc) is 2.65. The van der Waals surface area contributed by atoms with E-state index in [4.69, 9.17) is 4.74 Å². The highest BCUT2D eigenvalue weighted by atomic mass is 16.5. The van der Waals surface area contributed by atoms with Crippen molar-refractivity contribution in [1.82, 2.24) is 0 Å². The van der Waals surface area contributed by atoms with Crippen molar-refractivity contribution in [2.75, 3.05) is 12.4 Å². The lowest BCUT2D eigenvalue weighted by Gasteiger charge is -2.13. The van der Waals surface area contributed by atoms with Gasteiger partial charge in [0.15, 0.2) is 5.78 Å². The first kappa shape index (κ1) is 21.8. The van der Waals surface area contributed by atoms with Crippen LogP contribution in [0, 0.1) is 0 Å². The zero-order valence-electron chi connectivity index (χ0n) is 16.9. The first-order chi connectivity index (χ1) is 13.7. The Morgan fingerprint density at radius 3 is 2.31 bits per heavy atom. The summed E-state index contributed by atoms with van der Waals surface area (Å²) in [5, 5.41) is 23.5. The molecule has 1 amide bonds. The first-order valence-electron chi connectivity index (χ1n) is 9.08. The maximum Gasteiger partial charge on any atom is 0.221 e. The predicted molar refractivity (Wildman–Crippen MR) is 114 cm³/mol. The summed E-state index contributed by atoms with van der Waals surface area (Å²) in [5.41, 5.74) is 2.68. The molecule has 2 aromatic carbocycles. The second-order valence-corrected chi connectivity index (χ2v) is 6.79. The van der Waals surface area contributed by atoms with Gasteiger partial charge >= 0.3 is 0 Å². The first-order valence-corrected chi connectivity index (χ1v) is 9.08. The van der Waals surface area contributed by atoms with Crippen LogP contribution < -0.4 is 10.1 Å². The summed E-state index contributed by atoms with van der Waals surface area (Å²) in [7, 11) is 1.37. The highest BCUT2D eigenvalue weighted by Gasteiger charge is 2.21. The molecule has 0 atom stereocenters. The number of benzene rings is 2. The van der Waals surface area contributed by atoms with Gasteiger partial charge in [0.05, 0.1) is 7.11 Å². The molecule has 0 bridgehead atoms. The maximum atomic E-state index is 12.8. The van der Waals surface area contributed by atoms with Gasteiger partial charge in [-0.3, -0.25) is 9.59 Å². The average molecular weight is 395 g/mol. The van der Waals surface area contributed by atoms with Crippen molar-refractivity contribution in [3.8, 4) is 17.2 Å². The van der Waals surface area contributed by atoms with E-state index in [1.54, 1.807) is 30.3 Å². The van der Waals surface area contributed by atoms with Crippen LogP contribution in [-0.4, -0.2) is 29.0 Å². The number of phenolic OH excluding ortho intramolecular Hbond substituents is 2. The standard InChI is InChI=1S/C23H25NO5/c1-14(2)5-11-18-20(27)13-21(29-4)22(23(18)28)19(26)12-8-16-6-9-17(10-7-16)24-15(3)25/h5-10,12-13,27-28H,11H2,1-4H3,(H,24,25). The summed E-state index contributed by atoms with van der Waals surface area (Å²) < 4.78 is 5.18. The van der Waals surface area contributed by atoms with Gasteiger partial charge in [0.1, 0.15) is 22.8 Å². The summed E-state index contributed by atoms with van der Waals surface area (Å²) in [5.74, 6) is -0.955. The van der Waals surface area contributed by atoms with Crippen molar-refractivity contribution in [1.29, 1.82) is 0 Å². The van der Waals surface area contributed by atoms with Crippen LogP contribution in [-0.2, 0) is 11.2 Å². The SMILES string of the molecule is COc1cc(O)c(CC=C(C)C)c(O)c1C(=O)C=Cc1ccc(NC(C)=O)cc1. The predicted octanol–water partition coefficient (Wildman–Crippen LogP) is 4.47. The van der Waals surface area contributed by atoms with Crippen molar-refractivity contribution >= 4 is 23.5 Å². The number of hydrogen-bond donors (Lipinski definition) is 3. The van der Waals surface area contributed by atoms with Gasteiger partial charge in [0.25, 0.3) is 0 Å². The molecule has 0 spiro atoms. The Bertz CT molecular complexity index is 968. The Kier molecular flexibility index (Phi) is 7.20. The molecule has 6 heteroatoms. The van der Waals surface area contributed by atoms with Crippen molar-refractivity contribution < 1.29 is 24.5 Å². The molecule has 0 saturated carbocycles. The van der Waals surface area contributed by atoms with E-state index in [1.807, 2.05) is 19.9 Å². The zero-order valence-corrected chi connectivity index (χ0v) is 16.9. The molecule has 3 N–H and O–H groups in total. The molecule has 0 aliphatic rings. The Labute approximate surface area is 170 Å². The molecule has 2 aromatic rings. The molecule has 0 unspecified atom stereocenters. The fraction of sp³-hybridized carbons (Fsp3) is 0.217. The molecular formula is C23H25NO5. The zero-order chi connectivity index (χ0) is 21.6. The second kappa shape index (κ2) is 9.59. The van der Waals surface area contributed by atoms with E-state index in [0.29, 0.717) is 12.1 Å². The third-order valence-electron chi connectivity index (χ3n) is 4.19. The van der Waals surface area contributed by atoms with Crippen molar-refractivity contribution in [3.63, 3.8) is 0 Å². The van der Waals surface area contributed by atoms with Crippen LogP contribution in [0.3, 0.4) is 0 Å². The lowest BCUT2D eigenvalue weighted by atomic mass is 9.99. The Morgan fingerprint density at radius 2 is 1.76 bits per heavy atom. The van der Waals surface area contributed by atoms with Crippen LogP contribution in [0.1, 0.15) is 42.3 Å². The minimum Gasteiger partial charge on any atom is -0.507 e. The molecule has 0 aromatic heterocycles. The molecule has 29 heavy (non-hydrogen) atoms. The van der Waals surface area contributed by atoms with E-state index >= 15 is 0 Å². The number of nitrogens with one attached hydrogen (secondary N) is 1. The van der Waals surface area contributed by atoms with Gasteiger partial charge in [-0.05, 0) is 44.0 Å². The van der Waals surface area contributed by atoms with Crippen LogP contribution >= 0.6 is 0 Å². The number of methoxy groups -OCH3 is 1. The summed E-state index contributed by atoms with van der Waals surface area (Å²) >= 11 is 0. The summed E-state index contributed by atoms with van der Waals surface area (Å²) in [6.07, 6.45) is 5.06. The summed E-state index contributed by atoms with van der Waals surface area (Å²) in [6, 6.07) is 8.28. The number of carbonyl (C=O) groups is 2. The van der Waals surface area contributed by atoms with Crippen LogP contribution in [0.5, 0.6) is 17.2 Å². The monoisotopic (exact) mass is 395 g/mol. The normalized spacial score (nSPS) is 10.6. The lowest BCUT2D eigenvalue weighted by molar-refractivity contribution is -0.114. The number of phenols is 2. The molecule has 0 saturated heterocycles. The number of ketones is 1. The van der Waals surface area contributed by atoms with Gasteiger partial charge in [0.2, 0.25) is 5.91 Å². The number of amides is 1. The van der Waals surface area contributed by atoms with Crippen LogP contribution in [0.25, 0.3) is 6.08 Å². The smallest absolute Gasteiger partial charge is 0.221 e. The van der Waals surface area contributed by atoms with E-state index in [1.165, 1.54) is 26.2 Å².